The Kier molecular flexibility index (Phi) is 15.2. The molecule has 4 amide bonds. The highest BCUT2D eigenvalue weighted by Gasteiger charge is 2.35. The fourth-order valence-electron chi connectivity index (χ4n) is 5.58. The van der Waals surface area contributed by atoms with Crippen molar-refractivity contribution in [3.63, 3.8) is 0 Å². The zero-order valence-corrected chi connectivity index (χ0v) is 37.1. The van der Waals surface area contributed by atoms with Gasteiger partial charge in [0.05, 0.1) is 62.6 Å². The topological polar surface area (TPSA) is 277 Å². The number of nitrogens with zero attached hydrogens (tertiary/aromatic N) is 10. The van der Waals surface area contributed by atoms with E-state index in [0.717, 1.165) is 35.1 Å². The Labute approximate surface area is 399 Å². The monoisotopic (exact) mass is 1040 g/mol. The van der Waals surface area contributed by atoms with Gasteiger partial charge < -0.3 is 21.3 Å². The maximum Gasteiger partial charge on any atom is 0.418 e. The molecule has 0 spiro atoms. The molecule has 20 nitrogen and oxygen atoms in total. The molecule has 354 valence electrons. The van der Waals surface area contributed by atoms with Gasteiger partial charge in [0.1, 0.15) is 60.6 Å². The second-order valence-corrected chi connectivity index (χ2v) is 16.6. The van der Waals surface area contributed by atoms with Gasteiger partial charge in [-0.15, -0.1) is 22.7 Å². The zero-order valence-electron chi connectivity index (χ0n) is 33.2. The Balaban J connectivity index is 0.000000221. The van der Waals surface area contributed by atoms with E-state index in [0.29, 0.717) is 33.2 Å². The zero-order chi connectivity index (χ0) is 48.4. The first-order valence-corrected chi connectivity index (χ1v) is 21.0. The summed E-state index contributed by atoms with van der Waals surface area (Å²) in [5, 5.41) is 23.2. The molecule has 0 saturated heterocycles. The number of carbonyl (C=O) groups excluding carboxylic acids is 4. The molecular weight excluding hydrogens is 1020 g/mol. The van der Waals surface area contributed by atoms with Crippen molar-refractivity contribution in [1.82, 2.24) is 70.9 Å². The van der Waals surface area contributed by atoms with Gasteiger partial charge in [-0.1, -0.05) is 42.2 Å². The minimum absolute atomic E-state index is 0. The summed E-state index contributed by atoms with van der Waals surface area (Å²) in [5.41, 5.74) is -1.51. The number of H-pyrrole nitrogens is 2. The standard InChI is InChI=1S/C18H11Cl2F3N8O2S.C18H12ClF3N8O2S.CH4/c1-6(28-16(33)12-11-13(20)30-31-14(11)27-5-26-12)17-25-4-9(34-17)15(32)29-10-2-7(18(21,22)23)8(19)3-24-10;1-7(28-16(32)13-8-3-27-30-14(8)26-6-25-13)17-24-5-11(33-17)15(31)29-12-2-9(18(20,21)22)10(19)4-23-12;/h2-6H,1H3,(H,28,33)(H,24,29,32)(H,26,27,30,31);2-7H,1H3,(H,28,32)(H,23,29,31)(H,25,26,27,30);1H4/t6-;7-;/m11./s1. The summed E-state index contributed by atoms with van der Waals surface area (Å²) in [4.78, 5) is 81.8. The first kappa shape index (κ1) is 50.4. The van der Waals surface area contributed by atoms with Crippen LogP contribution in [0.1, 0.15) is 94.8 Å². The second-order valence-electron chi connectivity index (χ2n) is 13.3. The minimum Gasteiger partial charge on any atom is -0.342 e. The summed E-state index contributed by atoms with van der Waals surface area (Å²) in [6.07, 6.45) is -1.51. The number of carbonyl (C=O) groups is 4. The molecule has 0 saturated carbocycles. The number of pyridine rings is 2. The van der Waals surface area contributed by atoms with E-state index in [4.69, 9.17) is 34.8 Å². The number of alkyl halides is 6. The highest BCUT2D eigenvalue weighted by Crippen LogP contribution is 2.37. The van der Waals surface area contributed by atoms with E-state index in [1.54, 1.807) is 13.8 Å². The first-order valence-electron chi connectivity index (χ1n) is 18.3. The van der Waals surface area contributed by atoms with Crippen LogP contribution in [-0.4, -0.2) is 83.9 Å². The number of halogens is 9. The van der Waals surface area contributed by atoms with E-state index < -0.39 is 69.2 Å². The third-order valence-electron chi connectivity index (χ3n) is 8.72. The predicted octanol–water partition coefficient (Wildman–Crippen LogP) is 8.53. The largest absolute Gasteiger partial charge is 0.418 e. The van der Waals surface area contributed by atoms with Crippen LogP contribution in [0.4, 0.5) is 38.0 Å². The second kappa shape index (κ2) is 20.5. The lowest BCUT2D eigenvalue weighted by Crippen LogP contribution is -2.27. The highest BCUT2D eigenvalue weighted by molar-refractivity contribution is 7.14. The number of aromatic amines is 2. The quantitative estimate of drug-likeness (QED) is 0.0701. The Bertz CT molecular complexity index is 3180. The average Bonchev–Trinajstić information content (AvgIpc) is 4.12. The molecule has 6 N–H and O–H groups in total. The third kappa shape index (κ3) is 11.4. The number of hydrogen-bond acceptors (Lipinski definition) is 16. The molecule has 8 heterocycles. The molecule has 0 bridgehead atoms. The molecule has 31 heteroatoms. The van der Waals surface area contributed by atoms with Crippen LogP contribution in [0.15, 0.2) is 55.8 Å². The molecule has 0 aromatic carbocycles. The normalized spacial score (nSPS) is 12.3. The molecule has 0 aliphatic heterocycles. The maximum atomic E-state index is 13.0. The lowest BCUT2D eigenvalue weighted by Gasteiger charge is -2.11. The fraction of sp³-hybridized carbons (Fsp3) is 0.189. The smallest absolute Gasteiger partial charge is 0.342 e. The molecule has 8 aromatic rings. The molecule has 0 fully saturated rings. The van der Waals surface area contributed by atoms with Crippen LogP contribution >= 0.6 is 57.5 Å². The SMILES string of the molecule is C.C[C@@H](NC(=O)c1ncnc2[nH]ncc12)c1ncc(C(=O)Nc2cc(C(F)(F)F)c(Cl)cn2)s1.C[C@@H](NC(=O)c1ncnc2n[nH]c(Cl)c12)c1ncc(C(=O)Nc2cc(C(F)(F)F)c(Cl)cn2)s1. The Hall–Kier alpha value is -7.01. The molecule has 0 aliphatic rings. The first-order chi connectivity index (χ1) is 31.7. The van der Waals surface area contributed by atoms with Gasteiger partial charge in [-0.25, -0.2) is 39.9 Å². The van der Waals surface area contributed by atoms with E-state index in [1.807, 2.05) is 0 Å². The summed E-state index contributed by atoms with van der Waals surface area (Å²) in [6.45, 7) is 3.28. The number of anilines is 2. The summed E-state index contributed by atoms with van der Waals surface area (Å²) in [6, 6.07) is 0.0457. The summed E-state index contributed by atoms with van der Waals surface area (Å²) in [5.74, 6) is -3.16. The number of amides is 4. The average molecular weight is 1040 g/mol. The number of fused-ring (bicyclic) bond motifs is 2. The van der Waals surface area contributed by atoms with Gasteiger partial charge in [0.2, 0.25) is 0 Å². The molecule has 2 atom stereocenters. The molecule has 8 aromatic heterocycles. The van der Waals surface area contributed by atoms with Crippen LogP contribution in [0.5, 0.6) is 0 Å². The van der Waals surface area contributed by atoms with Crippen molar-refractivity contribution in [1.29, 1.82) is 0 Å². The van der Waals surface area contributed by atoms with Gasteiger partial charge in [-0.05, 0) is 26.0 Å². The van der Waals surface area contributed by atoms with E-state index in [9.17, 15) is 45.5 Å². The van der Waals surface area contributed by atoms with Crippen LogP contribution in [0.25, 0.3) is 22.1 Å². The van der Waals surface area contributed by atoms with E-state index in [1.165, 1.54) is 31.2 Å². The number of nitrogens with one attached hydrogen (secondary N) is 6. The molecule has 0 aliphatic carbocycles. The number of rotatable bonds is 10. The Morgan fingerprint density at radius 1 is 0.618 bits per heavy atom. The van der Waals surface area contributed by atoms with E-state index in [-0.39, 0.29) is 56.4 Å². The highest BCUT2D eigenvalue weighted by atomic mass is 35.5. The number of aromatic nitrogens is 12. The maximum absolute atomic E-state index is 13.0. The van der Waals surface area contributed by atoms with Crippen LogP contribution in [-0.2, 0) is 12.4 Å². The fourth-order valence-corrected chi connectivity index (χ4v) is 7.85. The molecule has 0 unspecified atom stereocenters. The van der Waals surface area contributed by atoms with Crippen molar-refractivity contribution in [2.45, 2.75) is 45.7 Å². The lowest BCUT2D eigenvalue weighted by molar-refractivity contribution is -0.138. The van der Waals surface area contributed by atoms with Crippen LogP contribution < -0.4 is 21.3 Å². The van der Waals surface area contributed by atoms with Crippen molar-refractivity contribution in [3.05, 3.63) is 113 Å². The predicted molar refractivity (Wildman–Crippen MR) is 236 cm³/mol. The van der Waals surface area contributed by atoms with Crippen molar-refractivity contribution >= 4 is 115 Å². The number of hydrogen-bond donors (Lipinski definition) is 6. The van der Waals surface area contributed by atoms with Crippen molar-refractivity contribution in [2.24, 2.45) is 0 Å². The Morgan fingerprint density at radius 3 is 1.62 bits per heavy atom. The molecule has 0 radical (unpaired) electrons. The van der Waals surface area contributed by atoms with Gasteiger partial charge in [0, 0.05) is 12.4 Å². The van der Waals surface area contributed by atoms with Gasteiger partial charge in [0.25, 0.3) is 23.6 Å². The van der Waals surface area contributed by atoms with Crippen molar-refractivity contribution in [3.8, 4) is 0 Å². The van der Waals surface area contributed by atoms with Crippen LogP contribution in [0.3, 0.4) is 0 Å². The third-order valence-corrected chi connectivity index (χ3v) is 12.0. The Morgan fingerprint density at radius 2 is 1.10 bits per heavy atom. The molecular formula is C37H27Cl3F6N16O4S2. The summed E-state index contributed by atoms with van der Waals surface area (Å²) >= 11 is 19.0. The summed E-state index contributed by atoms with van der Waals surface area (Å²) < 4.78 is 78.0. The molecule has 68 heavy (non-hydrogen) atoms. The minimum atomic E-state index is -4.71. The van der Waals surface area contributed by atoms with Crippen molar-refractivity contribution < 1.29 is 45.5 Å². The van der Waals surface area contributed by atoms with Crippen molar-refractivity contribution in [2.75, 3.05) is 10.6 Å². The van der Waals surface area contributed by atoms with Gasteiger partial charge in [-0.3, -0.25) is 29.4 Å². The van der Waals surface area contributed by atoms with Crippen LogP contribution in [0.2, 0.25) is 15.2 Å². The van der Waals surface area contributed by atoms with Gasteiger partial charge in [0.15, 0.2) is 11.3 Å². The summed E-state index contributed by atoms with van der Waals surface area (Å²) in [7, 11) is 0. The van der Waals surface area contributed by atoms with E-state index >= 15 is 0 Å². The van der Waals surface area contributed by atoms with Gasteiger partial charge in [-0.2, -0.15) is 36.5 Å². The number of thiazole rings is 2. The van der Waals surface area contributed by atoms with Gasteiger partial charge >= 0.3 is 12.4 Å². The lowest BCUT2D eigenvalue weighted by atomic mass is 10.2. The van der Waals surface area contributed by atoms with Crippen LogP contribution in [0, 0.1) is 0 Å². The van der Waals surface area contributed by atoms with E-state index in [2.05, 4.69) is 81.5 Å². The molecule has 8 rings (SSSR count).